The summed E-state index contributed by atoms with van der Waals surface area (Å²) in [7, 11) is -1.77. The van der Waals surface area contributed by atoms with Gasteiger partial charge in [-0.15, -0.1) is 11.8 Å². The summed E-state index contributed by atoms with van der Waals surface area (Å²) in [5.74, 6) is 1.80. The lowest BCUT2D eigenvalue weighted by Gasteiger charge is -2.03. The molecule has 0 saturated heterocycles. The zero-order chi connectivity index (χ0) is 16.6. The summed E-state index contributed by atoms with van der Waals surface area (Å²) >= 11 is 1.48. The van der Waals surface area contributed by atoms with E-state index in [4.69, 9.17) is 4.74 Å². The first-order chi connectivity index (χ1) is 10.3. The normalized spacial score (nSPS) is 12.4. The van der Waals surface area contributed by atoms with Crippen LogP contribution < -0.4 is 10.1 Å². The Morgan fingerprint density at radius 3 is 2.59 bits per heavy atom. The van der Waals surface area contributed by atoms with E-state index >= 15 is 0 Å². The molecule has 22 heavy (non-hydrogen) atoms. The number of benzene rings is 1. The summed E-state index contributed by atoms with van der Waals surface area (Å²) < 4.78 is 30.4. The van der Waals surface area contributed by atoms with E-state index in [2.05, 4.69) is 21.3 Å². The summed E-state index contributed by atoms with van der Waals surface area (Å²) in [5.41, 5.74) is 1.13. The molecule has 0 spiro atoms. The van der Waals surface area contributed by atoms with Crippen molar-refractivity contribution in [2.75, 3.05) is 13.4 Å². The van der Waals surface area contributed by atoms with Crippen molar-refractivity contribution in [2.24, 2.45) is 9.39 Å². The molecule has 1 N–H and O–H groups in total. The Morgan fingerprint density at radius 1 is 1.41 bits per heavy atom. The third kappa shape index (κ3) is 7.84. The van der Waals surface area contributed by atoms with E-state index < -0.39 is 10.0 Å². The van der Waals surface area contributed by atoms with Gasteiger partial charge in [-0.25, -0.2) is 13.4 Å². The van der Waals surface area contributed by atoms with E-state index in [9.17, 15) is 8.42 Å². The number of hydrogen-bond donors (Lipinski definition) is 1. The molecule has 1 aromatic carbocycles. The summed E-state index contributed by atoms with van der Waals surface area (Å²) in [6, 6.07) is 7.75. The zero-order valence-electron chi connectivity index (χ0n) is 12.7. The fourth-order valence-corrected chi connectivity index (χ4v) is 2.60. The van der Waals surface area contributed by atoms with E-state index in [0.29, 0.717) is 5.03 Å². The number of amidine groups is 1. The average Bonchev–Trinajstić information content (AvgIpc) is 2.43. The molecule has 0 radical (unpaired) electrons. The quantitative estimate of drug-likeness (QED) is 0.608. The molecule has 0 atom stereocenters. The maximum atomic E-state index is 10.9. The van der Waals surface area contributed by atoms with Crippen LogP contribution in [-0.4, -0.2) is 34.0 Å². The predicted molar refractivity (Wildman–Crippen MR) is 93.0 cm³/mol. The van der Waals surface area contributed by atoms with Crippen LogP contribution >= 0.6 is 11.8 Å². The van der Waals surface area contributed by atoms with Crippen molar-refractivity contribution < 1.29 is 13.2 Å². The van der Waals surface area contributed by atoms with Crippen molar-refractivity contribution in [3.8, 4) is 5.75 Å². The highest BCUT2D eigenvalue weighted by Gasteiger charge is 1.99. The van der Waals surface area contributed by atoms with Crippen molar-refractivity contribution in [1.29, 1.82) is 0 Å². The topological polar surface area (TPSA) is 80.1 Å². The number of ether oxygens (including phenoxy) is 1. The molecule has 8 heteroatoms. The third-order valence-corrected chi connectivity index (χ3v) is 3.87. The highest BCUT2D eigenvalue weighted by Crippen LogP contribution is 2.21. The molecular formula is C14H19N3O3S2. The minimum absolute atomic E-state index is 0.249. The Hall–Kier alpha value is -1.80. The summed E-state index contributed by atoms with van der Waals surface area (Å²) in [4.78, 5) is 4.07. The maximum Gasteiger partial charge on any atom is 0.251 e. The molecule has 0 amide bonds. The van der Waals surface area contributed by atoms with Gasteiger partial charge in [0.05, 0.1) is 24.7 Å². The van der Waals surface area contributed by atoms with Crippen molar-refractivity contribution in [2.45, 2.75) is 12.7 Å². The summed E-state index contributed by atoms with van der Waals surface area (Å²) in [6.45, 7) is 5.36. The number of nitrogens with one attached hydrogen (secondary N) is 1. The molecule has 0 fully saturated rings. The molecule has 1 aromatic rings. The molecule has 1 rings (SSSR count). The van der Waals surface area contributed by atoms with Gasteiger partial charge in [-0.05, 0) is 24.6 Å². The van der Waals surface area contributed by atoms with E-state index in [0.717, 1.165) is 23.3 Å². The first-order valence-electron chi connectivity index (χ1n) is 6.30. The number of nitrogens with zero attached hydrogens (tertiary/aromatic N) is 2. The van der Waals surface area contributed by atoms with Crippen molar-refractivity contribution in [3.63, 3.8) is 0 Å². The molecule has 0 aliphatic heterocycles. The molecule has 120 valence electrons. The Bertz CT molecular complexity index is 665. The Kier molecular flexibility index (Phi) is 7.13. The van der Waals surface area contributed by atoms with Crippen molar-refractivity contribution >= 4 is 34.0 Å². The van der Waals surface area contributed by atoms with Gasteiger partial charge in [0.1, 0.15) is 11.6 Å². The van der Waals surface area contributed by atoms with Gasteiger partial charge < -0.3 is 10.1 Å². The lowest BCUT2D eigenvalue weighted by molar-refractivity contribution is 0.414. The van der Waals surface area contributed by atoms with E-state index in [-0.39, 0.29) is 5.84 Å². The summed E-state index contributed by atoms with van der Waals surface area (Å²) in [6.07, 6.45) is 2.40. The second-order valence-corrected chi connectivity index (χ2v) is 7.04. The Labute approximate surface area is 135 Å². The van der Waals surface area contributed by atoms with E-state index in [1.165, 1.54) is 18.1 Å². The van der Waals surface area contributed by atoms with Crippen LogP contribution in [0, 0.1) is 0 Å². The van der Waals surface area contributed by atoms with Crippen LogP contribution in [0.4, 0.5) is 0 Å². The van der Waals surface area contributed by atoms with Crippen LogP contribution in [-0.2, 0) is 15.8 Å². The molecule has 0 unspecified atom stereocenters. The highest BCUT2D eigenvalue weighted by atomic mass is 32.2. The van der Waals surface area contributed by atoms with Gasteiger partial charge in [0.2, 0.25) is 0 Å². The van der Waals surface area contributed by atoms with Crippen LogP contribution in [0.2, 0.25) is 0 Å². The van der Waals surface area contributed by atoms with Gasteiger partial charge in [0.25, 0.3) is 10.0 Å². The molecule has 0 heterocycles. The fraction of sp³-hybridized carbons (Fsp3) is 0.286. The van der Waals surface area contributed by atoms with Crippen LogP contribution in [0.1, 0.15) is 12.5 Å². The van der Waals surface area contributed by atoms with E-state index in [1.807, 2.05) is 24.3 Å². The van der Waals surface area contributed by atoms with Gasteiger partial charge in [-0.3, -0.25) is 0 Å². The molecule has 0 aliphatic rings. The van der Waals surface area contributed by atoms with Gasteiger partial charge in [-0.1, -0.05) is 18.7 Å². The smallest absolute Gasteiger partial charge is 0.251 e. The van der Waals surface area contributed by atoms with Crippen molar-refractivity contribution in [3.05, 3.63) is 41.4 Å². The first kappa shape index (κ1) is 18.2. The minimum atomic E-state index is -3.40. The first-order valence-corrected chi connectivity index (χ1v) is 9.14. The molecule has 6 nitrogen and oxygen atoms in total. The highest BCUT2D eigenvalue weighted by molar-refractivity contribution is 8.02. The number of rotatable bonds is 7. The summed E-state index contributed by atoms with van der Waals surface area (Å²) in [5, 5.41) is 3.28. The third-order valence-electron chi connectivity index (χ3n) is 2.35. The second kappa shape index (κ2) is 8.60. The second-order valence-electron chi connectivity index (χ2n) is 4.34. The molecule has 0 bridgehead atoms. The van der Waals surface area contributed by atoms with Crippen LogP contribution in [0.5, 0.6) is 5.75 Å². The number of aliphatic imine (C=N–C) groups is 1. The monoisotopic (exact) mass is 341 g/mol. The van der Waals surface area contributed by atoms with Gasteiger partial charge >= 0.3 is 0 Å². The standard InChI is InChI=1S/C14H19N3O3S2/c1-11(17-22(4,18)19)15-10-16-12(2)21-9-13-5-7-14(20-3)8-6-13/h5-8,10H,2,9H2,1,3-4H3,(H,15,16,17). The lowest BCUT2D eigenvalue weighted by atomic mass is 10.2. The van der Waals surface area contributed by atoms with Gasteiger partial charge in [-0.2, -0.15) is 4.40 Å². The number of sulfonamides is 1. The molecule has 0 aliphatic carbocycles. The Morgan fingerprint density at radius 2 is 2.05 bits per heavy atom. The average molecular weight is 341 g/mol. The van der Waals surface area contributed by atoms with Gasteiger partial charge in [0, 0.05) is 5.75 Å². The Balaban J connectivity index is 2.42. The van der Waals surface area contributed by atoms with E-state index in [1.54, 1.807) is 14.0 Å². The number of thioether (sulfide) groups is 1. The SMILES string of the molecule is C=C(/N=C\N/C(C)=N\S(C)(=O)=O)SCc1ccc(OC)cc1. The van der Waals surface area contributed by atoms with Crippen molar-refractivity contribution in [1.82, 2.24) is 5.32 Å². The molecule has 0 aromatic heterocycles. The molecule has 0 saturated carbocycles. The zero-order valence-corrected chi connectivity index (χ0v) is 14.4. The number of methoxy groups -OCH3 is 1. The molecular weight excluding hydrogens is 322 g/mol. The van der Waals surface area contributed by atoms with Gasteiger partial charge in [0.15, 0.2) is 0 Å². The van der Waals surface area contributed by atoms with Crippen LogP contribution in [0.15, 0.2) is 45.3 Å². The van der Waals surface area contributed by atoms with Crippen LogP contribution in [0.3, 0.4) is 0 Å². The van der Waals surface area contributed by atoms with Crippen LogP contribution in [0.25, 0.3) is 0 Å². The number of hydrogen-bond acceptors (Lipinski definition) is 5. The lowest BCUT2D eigenvalue weighted by Crippen LogP contribution is -2.19. The maximum absolute atomic E-state index is 10.9. The predicted octanol–water partition coefficient (Wildman–Crippen LogP) is 2.40. The fourth-order valence-electron chi connectivity index (χ4n) is 1.40. The minimum Gasteiger partial charge on any atom is -0.497 e. The largest absolute Gasteiger partial charge is 0.497 e.